The third-order valence-electron chi connectivity index (χ3n) is 6.58. The highest BCUT2D eigenvalue weighted by Gasteiger charge is 2.25. The van der Waals surface area contributed by atoms with Crippen molar-refractivity contribution in [2.75, 3.05) is 41.7 Å². The monoisotopic (exact) mass is 588 g/mol. The van der Waals surface area contributed by atoms with E-state index in [9.17, 15) is 20.1 Å². The minimum Gasteiger partial charge on any atom is -0.507 e. The van der Waals surface area contributed by atoms with Crippen LogP contribution >= 0.6 is 0 Å². The molecule has 0 saturated heterocycles. The zero-order valence-electron chi connectivity index (χ0n) is 24.9. The van der Waals surface area contributed by atoms with E-state index in [1.165, 1.54) is 27.4 Å². The predicted octanol–water partition coefficient (Wildman–Crippen LogP) is 4.51. The summed E-state index contributed by atoms with van der Waals surface area (Å²) in [6.45, 7) is 4.74. The van der Waals surface area contributed by atoms with Gasteiger partial charge in [-0.05, 0) is 64.3 Å². The van der Waals surface area contributed by atoms with E-state index >= 15 is 0 Å². The van der Waals surface area contributed by atoms with Crippen molar-refractivity contribution in [2.24, 2.45) is 0 Å². The maximum atomic E-state index is 13.8. The summed E-state index contributed by atoms with van der Waals surface area (Å²) in [6.07, 6.45) is 2.05. The molecule has 3 N–H and O–H groups in total. The van der Waals surface area contributed by atoms with Gasteiger partial charge in [0.05, 0.1) is 11.7 Å². The number of fused-ring (bicyclic) bond motifs is 1. The summed E-state index contributed by atoms with van der Waals surface area (Å²) in [4.78, 5) is 13.8. The number of hydrogen-bond donors (Lipinski definition) is 3. The Morgan fingerprint density at radius 1 is 1.00 bits per heavy atom. The van der Waals surface area contributed by atoms with Gasteiger partial charge in [-0.15, -0.1) is 0 Å². The average Bonchev–Trinajstić information content (AvgIpc) is 2.96. The summed E-state index contributed by atoms with van der Waals surface area (Å²) in [5.74, 6) is 0.511. The Morgan fingerprint density at radius 2 is 1.62 bits per heavy atom. The van der Waals surface area contributed by atoms with E-state index < -0.39 is 17.1 Å². The molecule has 0 bridgehead atoms. The second-order valence-electron chi connectivity index (χ2n) is 10.3. The molecular weight excluding hydrogens is 548 g/mol. The van der Waals surface area contributed by atoms with Crippen LogP contribution in [0.2, 0.25) is 0 Å². The lowest BCUT2D eigenvalue weighted by molar-refractivity contribution is -0.0509. The molecule has 0 spiro atoms. The summed E-state index contributed by atoms with van der Waals surface area (Å²) >= 11 is 0. The number of aliphatic hydroxyl groups is 2. The van der Waals surface area contributed by atoms with Gasteiger partial charge in [-0.2, -0.15) is 0 Å². The Balaban J connectivity index is 2.09. The maximum absolute atomic E-state index is 13.8. The fourth-order valence-electron chi connectivity index (χ4n) is 4.15. The number of benzene rings is 2. The standard InChI is InChI=1S/C31H40O11/c1-19(8-14-25(32)31(2,3)35)7-13-22-23(40-17-37-5)15-24-26(27(22)33)28(34)30(41-18-38-6)29(42-24)20-9-11-21(12-10-20)39-16-36-4/h7,9-12,15,25,32-33,35H,8,13-14,16-18H2,1-6H3/b19-7-/t25-/m0/s1. The topological polar surface area (TPSA) is 146 Å². The van der Waals surface area contributed by atoms with Crippen molar-refractivity contribution in [3.8, 4) is 34.3 Å². The van der Waals surface area contributed by atoms with Gasteiger partial charge in [0.25, 0.3) is 0 Å². The van der Waals surface area contributed by atoms with Gasteiger partial charge in [-0.1, -0.05) is 11.6 Å². The second kappa shape index (κ2) is 15.0. The van der Waals surface area contributed by atoms with Crippen LogP contribution in [-0.4, -0.2) is 68.7 Å². The molecular formula is C31H40O11. The van der Waals surface area contributed by atoms with Crippen LogP contribution in [0.15, 0.2) is 51.2 Å². The molecule has 1 atom stereocenters. The van der Waals surface area contributed by atoms with E-state index in [2.05, 4.69) is 0 Å². The van der Waals surface area contributed by atoms with Gasteiger partial charge in [-0.3, -0.25) is 4.79 Å². The van der Waals surface area contributed by atoms with Gasteiger partial charge >= 0.3 is 0 Å². The Kier molecular flexibility index (Phi) is 11.8. The quantitative estimate of drug-likeness (QED) is 0.160. The van der Waals surface area contributed by atoms with Crippen molar-refractivity contribution in [1.29, 1.82) is 0 Å². The highest BCUT2D eigenvalue weighted by molar-refractivity contribution is 5.90. The molecule has 0 radical (unpaired) electrons. The number of allylic oxidation sites excluding steroid dienone is 2. The number of phenolic OH excluding ortho intramolecular Hbond substituents is 1. The molecule has 1 heterocycles. The predicted molar refractivity (Wildman–Crippen MR) is 156 cm³/mol. The zero-order chi connectivity index (χ0) is 30.9. The van der Waals surface area contributed by atoms with E-state index in [0.717, 1.165) is 5.57 Å². The van der Waals surface area contributed by atoms with Crippen LogP contribution in [-0.2, 0) is 20.6 Å². The van der Waals surface area contributed by atoms with E-state index in [1.54, 1.807) is 38.1 Å². The van der Waals surface area contributed by atoms with E-state index in [-0.39, 0.29) is 60.8 Å². The Labute approximate surface area is 244 Å². The fraction of sp³-hybridized carbons (Fsp3) is 0.452. The van der Waals surface area contributed by atoms with Gasteiger partial charge in [0.1, 0.15) is 28.2 Å². The van der Waals surface area contributed by atoms with Crippen LogP contribution in [0.1, 0.15) is 39.2 Å². The summed E-state index contributed by atoms with van der Waals surface area (Å²) in [5, 5.41) is 31.5. The minimum atomic E-state index is -1.21. The SMILES string of the molecule is COCOc1ccc(-c2oc3cc(OCOC)c(C/C=C(/C)CC[C@H](O)C(C)(C)O)c(O)c3c(=O)c2OCOC)cc1. The number of methoxy groups -OCH3 is 3. The first-order chi connectivity index (χ1) is 20.0. The lowest BCUT2D eigenvalue weighted by atomic mass is 9.95. The van der Waals surface area contributed by atoms with Crippen molar-refractivity contribution in [3.05, 3.63) is 57.8 Å². The van der Waals surface area contributed by atoms with Crippen molar-refractivity contribution >= 4 is 11.0 Å². The maximum Gasteiger partial charge on any atom is 0.239 e. The number of aliphatic hydroxyl groups excluding tert-OH is 1. The van der Waals surface area contributed by atoms with Crippen LogP contribution in [0.4, 0.5) is 0 Å². The van der Waals surface area contributed by atoms with Gasteiger partial charge in [0, 0.05) is 38.5 Å². The molecule has 11 nitrogen and oxygen atoms in total. The average molecular weight is 589 g/mol. The third-order valence-corrected chi connectivity index (χ3v) is 6.58. The molecule has 0 aliphatic rings. The van der Waals surface area contributed by atoms with Crippen LogP contribution in [0.5, 0.6) is 23.0 Å². The van der Waals surface area contributed by atoms with Gasteiger partial charge in [-0.25, -0.2) is 0 Å². The van der Waals surface area contributed by atoms with E-state index in [1.807, 2.05) is 13.0 Å². The number of rotatable bonds is 16. The van der Waals surface area contributed by atoms with Crippen molar-refractivity contribution in [3.63, 3.8) is 0 Å². The van der Waals surface area contributed by atoms with E-state index in [0.29, 0.717) is 29.7 Å². The molecule has 230 valence electrons. The molecule has 11 heteroatoms. The van der Waals surface area contributed by atoms with Crippen LogP contribution in [0, 0.1) is 0 Å². The van der Waals surface area contributed by atoms with Gasteiger partial charge in [0.15, 0.2) is 26.1 Å². The van der Waals surface area contributed by atoms with Crippen LogP contribution in [0.25, 0.3) is 22.3 Å². The number of aromatic hydroxyl groups is 1. The first kappa shape index (κ1) is 32.9. The molecule has 42 heavy (non-hydrogen) atoms. The van der Waals surface area contributed by atoms with Crippen molar-refractivity contribution in [2.45, 2.75) is 51.7 Å². The zero-order valence-corrected chi connectivity index (χ0v) is 24.9. The van der Waals surface area contributed by atoms with Crippen molar-refractivity contribution < 1.29 is 48.2 Å². The molecule has 0 amide bonds. The molecule has 1 aromatic heterocycles. The first-order valence-corrected chi connectivity index (χ1v) is 13.4. The third kappa shape index (κ3) is 8.24. The first-order valence-electron chi connectivity index (χ1n) is 13.4. The van der Waals surface area contributed by atoms with Gasteiger partial charge in [0.2, 0.25) is 11.2 Å². The fourth-order valence-corrected chi connectivity index (χ4v) is 4.15. The van der Waals surface area contributed by atoms with Crippen molar-refractivity contribution in [1.82, 2.24) is 0 Å². The molecule has 3 rings (SSSR count). The summed E-state index contributed by atoms with van der Waals surface area (Å²) in [7, 11) is 4.41. The molecule has 0 saturated carbocycles. The largest absolute Gasteiger partial charge is 0.507 e. The molecule has 0 fully saturated rings. The van der Waals surface area contributed by atoms with Crippen LogP contribution < -0.4 is 19.6 Å². The summed E-state index contributed by atoms with van der Waals surface area (Å²) in [5.41, 5.74) is 0.0709. The highest BCUT2D eigenvalue weighted by Crippen LogP contribution is 2.40. The molecule has 0 unspecified atom stereocenters. The number of hydrogen-bond acceptors (Lipinski definition) is 11. The normalized spacial score (nSPS) is 12.9. The Hall–Kier alpha value is -3.61. The highest BCUT2D eigenvalue weighted by atomic mass is 16.7. The smallest absolute Gasteiger partial charge is 0.239 e. The Bertz CT molecular complexity index is 1400. The number of ether oxygens (including phenoxy) is 6. The summed E-state index contributed by atoms with van der Waals surface area (Å²) in [6, 6.07) is 8.33. The Morgan fingerprint density at radius 3 is 2.24 bits per heavy atom. The minimum absolute atomic E-state index is 0.0758. The molecule has 3 aromatic rings. The summed E-state index contributed by atoms with van der Waals surface area (Å²) < 4.78 is 38.1. The molecule has 2 aromatic carbocycles. The number of phenols is 1. The van der Waals surface area contributed by atoms with Gasteiger partial charge < -0.3 is 48.2 Å². The lowest BCUT2D eigenvalue weighted by Crippen LogP contribution is -2.35. The molecule has 0 aliphatic heterocycles. The second-order valence-corrected chi connectivity index (χ2v) is 10.3. The lowest BCUT2D eigenvalue weighted by Gasteiger charge is -2.24. The van der Waals surface area contributed by atoms with E-state index in [4.69, 9.17) is 32.8 Å². The van der Waals surface area contributed by atoms with Crippen LogP contribution in [0.3, 0.4) is 0 Å². The molecule has 0 aliphatic carbocycles.